The Morgan fingerprint density at radius 3 is 0.308 bits per heavy atom. The van der Waals surface area contributed by atoms with Gasteiger partial charge in [0.05, 0.1) is 30.5 Å². The fourth-order valence-corrected chi connectivity index (χ4v) is 0. The van der Waals surface area contributed by atoms with Crippen LogP contribution >= 0.6 is 0 Å². The summed E-state index contributed by atoms with van der Waals surface area (Å²) in [5.41, 5.74) is 0. The van der Waals surface area contributed by atoms with Crippen LogP contribution in [-0.2, 0) is 31.7 Å². The van der Waals surface area contributed by atoms with Gasteiger partial charge in [-0.25, -0.2) is 0 Å². The van der Waals surface area contributed by atoms with Gasteiger partial charge in [0.25, 0.3) is 0 Å². The molecule has 0 aromatic heterocycles. The van der Waals surface area contributed by atoms with Crippen molar-refractivity contribution in [3.8, 4) is 0 Å². The topological polar surface area (TPSA) is 432 Å². The largest absolute Gasteiger partial charge is 4.00 e. The maximum atomic E-state index is 8.25. The van der Waals surface area contributed by atoms with Crippen LogP contribution in [0.2, 0.25) is 0 Å². The monoisotopic (exact) mass is 482 g/mol. The molecule has 0 saturated heterocycles. The van der Waals surface area contributed by atoms with Crippen molar-refractivity contribution in [2.45, 2.75) is 0 Å². The van der Waals surface area contributed by atoms with Crippen LogP contribution in [0.4, 0.5) is 0 Å². The van der Waals surface area contributed by atoms with Gasteiger partial charge in [-0.3, -0.25) is 0 Å². The van der Waals surface area contributed by atoms with Crippen LogP contribution in [0.1, 0.15) is 0 Å². The third-order valence-electron chi connectivity index (χ3n) is 0. The zero-order valence-corrected chi connectivity index (χ0v) is 13.7. The molecule has 0 unspecified atom stereocenters. The second kappa shape index (κ2) is 42.9. The summed E-state index contributed by atoms with van der Waals surface area (Å²) in [7, 11) is 0. The van der Waals surface area contributed by atoms with E-state index in [9.17, 15) is 0 Å². The van der Waals surface area contributed by atoms with Gasteiger partial charge >= 0.3 is 26.2 Å². The maximum absolute atomic E-state index is 8.25. The van der Waals surface area contributed by atoms with Gasteiger partial charge in [0.15, 0.2) is 0 Å². The third kappa shape index (κ3) is 464. The van der Waals surface area contributed by atoms with E-state index in [2.05, 4.69) is 0 Å². The van der Waals surface area contributed by atoms with Crippen molar-refractivity contribution in [3.05, 3.63) is 91.9 Å². The summed E-state index contributed by atoms with van der Waals surface area (Å²) in [4.78, 5) is 49.5. The molecule has 0 rings (SSSR count). The molecule has 152 valence electrons. The molecule has 0 radical (unpaired) electrons. The zero-order valence-electron chi connectivity index (χ0n) is 11.2. The van der Waals surface area contributed by atoms with Crippen LogP contribution in [0.15, 0.2) is 0 Å². The molecule has 0 atom stereocenters. The summed E-state index contributed by atoms with van der Waals surface area (Å²) in [6.45, 7) is 0. The van der Waals surface area contributed by atoms with Crippen LogP contribution in [0, 0.1) is 91.9 Å². The molecule has 0 aromatic carbocycles. The number of hydrogen-bond acceptors (Lipinski definition) is 18. The molecule has 26 heavy (non-hydrogen) atoms. The molecule has 0 aliphatic rings. The van der Waals surface area contributed by atoms with Crippen LogP contribution < -0.4 is 0 Å². The quantitative estimate of drug-likeness (QED) is 0.251. The van der Waals surface area contributed by atoms with E-state index in [4.69, 9.17) is 91.9 Å². The van der Waals surface area contributed by atoms with E-state index < -0.39 is 30.5 Å². The van der Waals surface area contributed by atoms with E-state index in [1.807, 2.05) is 0 Å². The van der Waals surface area contributed by atoms with Gasteiger partial charge in [-0.2, -0.15) is 0 Å². The fraction of sp³-hybridized carbons (Fsp3) is 0. The second-order valence-electron chi connectivity index (χ2n) is 1.34. The Hall–Kier alpha value is -3.96. The van der Waals surface area contributed by atoms with E-state index in [1.54, 1.807) is 0 Å². The first kappa shape index (κ1) is 49.5. The van der Waals surface area contributed by atoms with Crippen molar-refractivity contribution in [1.29, 1.82) is 0 Å². The normalized spacial score (nSPS) is 5.54. The summed E-state index contributed by atoms with van der Waals surface area (Å²) in [5, 5.41) is 88.5. The van der Waals surface area contributed by atoms with Gasteiger partial charge in [-0.15, -0.1) is 0 Å². The van der Waals surface area contributed by atoms with Crippen molar-refractivity contribution < 1.29 is 62.2 Å². The van der Waals surface area contributed by atoms with Gasteiger partial charge in [0.2, 0.25) is 0 Å². The predicted octanol–water partition coefficient (Wildman–Crippen LogP) is -2.63. The minimum atomic E-state index is -1.75. The summed E-state index contributed by atoms with van der Waals surface area (Å²) in [6, 6.07) is 0. The smallest absolute Gasteiger partial charge is 0.873 e. The maximum Gasteiger partial charge on any atom is 4.00 e. The van der Waals surface area contributed by atoms with Crippen LogP contribution in [-0.4, -0.2) is 30.5 Å². The van der Waals surface area contributed by atoms with Crippen molar-refractivity contribution in [1.82, 2.24) is 0 Å². The zero-order chi connectivity index (χ0) is 21.5. The van der Waals surface area contributed by atoms with E-state index in [0.717, 1.165) is 0 Å². The van der Waals surface area contributed by atoms with Crippen molar-refractivity contribution in [2.24, 2.45) is 0 Å². The molecule has 4 N–H and O–H groups in total. The Morgan fingerprint density at radius 1 is 0.308 bits per heavy atom. The van der Waals surface area contributed by atoms with Crippen LogP contribution in [0.25, 0.3) is 0 Å². The molecule has 0 aliphatic carbocycles. The molecule has 0 bridgehead atoms. The van der Waals surface area contributed by atoms with E-state index in [0.29, 0.717) is 0 Å². The molecule has 0 aliphatic heterocycles. The minimum absolute atomic E-state index is 0. The van der Waals surface area contributed by atoms with E-state index in [-0.39, 0.29) is 31.7 Å². The molecular weight excluding hydrogens is 479 g/mol. The summed E-state index contributed by atoms with van der Waals surface area (Å²) in [6.07, 6.45) is 0. The number of rotatable bonds is 0. The Kier molecular flexibility index (Phi) is 81.6. The van der Waals surface area contributed by atoms with Gasteiger partial charge < -0.3 is 97.4 Å². The van der Waals surface area contributed by atoms with Crippen LogP contribution in [0.5, 0.6) is 0 Å². The summed E-state index contributed by atoms with van der Waals surface area (Å²) >= 11 is 0. The average molecular weight is 483 g/mol. The van der Waals surface area contributed by atoms with E-state index >= 15 is 0 Å². The van der Waals surface area contributed by atoms with Crippen molar-refractivity contribution in [2.75, 3.05) is 0 Å². The molecule has 26 heteroatoms. The van der Waals surface area contributed by atoms with E-state index in [1.165, 1.54) is 0 Å². The molecule has 0 amide bonds. The van der Waals surface area contributed by atoms with Gasteiger partial charge in [0.1, 0.15) is 0 Å². The van der Waals surface area contributed by atoms with Gasteiger partial charge in [-0.05, 0) is 0 Å². The molecular formula is H4N6O19Zr. The minimum Gasteiger partial charge on any atom is -0.873 e. The second-order valence-corrected chi connectivity index (χ2v) is 1.34. The summed E-state index contributed by atoms with van der Waals surface area (Å²) in [5.74, 6) is 0. The predicted molar refractivity (Wildman–Crippen MR) is 68.4 cm³/mol. The fourth-order valence-electron chi connectivity index (χ4n) is 0. The first-order chi connectivity index (χ1) is 10.4. The van der Waals surface area contributed by atoms with Crippen molar-refractivity contribution >= 4 is 0 Å². The average Bonchev–Trinajstić information content (AvgIpc) is 2.08. The standard InChI is InChI=1S/6NO3.H4O.Zr/c6*2-1(3)4;;/h;;;;;;1H4;/q6*-1;+2;+4. The number of nitrogens with zero attached hydrogens (tertiary/aromatic N) is 6. The Bertz CT molecular complexity index is 257. The van der Waals surface area contributed by atoms with Gasteiger partial charge in [0, 0.05) is 0 Å². The molecule has 0 fully saturated rings. The van der Waals surface area contributed by atoms with Gasteiger partial charge in [-0.1, -0.05) is 0 Å². The number of hydrogen-bond donors (Lipinski definition) is 0. The molecule has 0 aromatic rings. The Morgan fingerprint density at radius 2 is 0.308 bits per heavy atom. The van der Waals surface area contributed by atoms with Crippen LogP contribution in [0.3, 0.4) is 0 Å². The molecule has 0 saturated carbocycles. The first-order valence-corrected chi connectivity index (χ1v) is 3.29. The molecule has 25 nitrogen and oxygen atoms in total. The van der Waals surface area contributed by atoms with Crippen molar-refractivity contribution in [3.63, 3.8) is 0 Å². The SMILES string of the molecule is O=[N+]([O-])[O-].O=[N+]([O-])[O-].O=[N+]([O-])[O-].O=[N+]([O-])[O-].O=[N+]([O-])[O-].O=[N+]([O-])[O-].[OH4+2].[Zr+4]. The molecule has 0 spiro atoms. The molecule has 0 heterocycles. The Labute approximate surface area is 155 Å². The summed E-state index contributed by atoms with van der Waals surface area (Å²) < 4.78 is 0. The Balaban J connectivity index is -0.0000000245. The third-order valence-corrected chi connectivity index (χ3v) is 0. The first-order valence-electron chi connectivity index (χ1n) is 3.29.